The van der Waals surface area contributed by atoms with Crippen LogP contribution in [0.25, 0.3) is 0 Å². The average Bonchev–Trinajstić information content (AvgIpc) is 2.89. The molecule has 2 amide bonds. The van der Waals surface area contributed by atoms with E-state index in [0.717, 1.165) is 32.7 Å². The lowest BCUT2D eigenvalue weighted by molar-refractivity contribution is -0.144. The zero-order valence-corrected chi connectivity index (χ0v) is 28.6. The Hall–Kier alpha value is -2.98. The molecule has 0 aromatic heterocycles. The first-order valence-corrected chi connectivity index (χ1v) is 15.3. The minimum absolute atomic E-state index is 0.0905. The van der Waals surface area contributed by atoms with Gasteiger partial charge >= 0.3 is 30.0 Å². The molecule has 252 valence electrons. The predicted octanol–water partition coefficient (Wildman–Crippen LogP) is 3.15. The molecular formula is C27H35Cl3N2O12S. The van der Waals surface area contributed by atoms with E-state index in [1.807, 2.05) is 0 Å². The van der Waals surface area contributed by atoms with Crippen molar-refractivity contribution in [2.45, 2.75) is 68.8 Å². The Labute approximate surface area is 279 Å². The summed E-state index contributed by atoms with van der Waals surface area (Å²) in [6.07, 6.45) is -0.972. The average molecular weight is 718 g/mol. The first-order chi connectivity index (χ1) is 20.7. The molecule has 1 aromatic carbocycles. The van der Waals surface area contributed by atoms with Gasteiger partial charge in [-0.05, 0) is 27.7 Å². The topological polar surface area (TPSA) is 193 Å². The maximum atomic E-state index is 13.2. The highest BCUT2D eigenvalue weighted by molar-refractivity contribution is 7.98. The van der Waals surface area contributed by atoms with E-state index in [4.69, 9.17) is 58.5 Å². The Morgan fingerprint density at radius 1 is 0.956 bits per heavy atom. The summed E-state index contributed by atoms with van der Waals surface area (Å²) in [7, 11) is 1.09. The quantitative estimate of drug-likeness (QED) is 0.117. The van der Waals surface area contributed by atoms with Crippen molar-refractivity contribution >= 4 is 82.4 Å². The van der Waals surface area contributed by atoms with Crippen LogP contribution in [0.5, 0.6) is 11.5 Å². The van der Waals surface area contributed by atoms with Gasteiger partial charge in [0.25, 0.3) is 0 Å². The lowest BCUT2D eigenvalue weighted by atomic mass is 10.0. The fraction of sp³-hybridized carbons (Fsp3) is 0.556. The molecule has 0 bridgehead atoms. The molecule has 0 fully saturated rings. The number of hydrogen-bond acceptors (Lipinski definition) is 13. The van der Waals surface area contributed by atoms with Crippen LogP contribution in [0.4, 0.5) is 4.79 Å². The molecule has 1 aromatic rings. The molecule has 0 aliphatic heterocycles. The molecule has 2 atom stereocenters. The zero-order chi connectivity index (χ0) is 34.7. The minimum atomic E-state index is -1.96. The molecule has 0 saturated carbocycles. The molecule has 0 unspecified atom stereocenters. The van der Waals surface area contributed by atoms with Crippen LogP contribution in [0.3, 0.4) is 0 Å². The Bertz CT molecular complexity index is 1280. The minimum Gasteiger partial charge on any atom is -0.467 e. The number of aliphatic hydroxyl groups is 1. The summed E-state index contributed by atoms with van der Waals surface area (Å²) in [5, 5.41) is 14.3. The monoisotopic (exact) mass is 716 g/mol. The molecule has 45 heavy (non-hydrogen) atoms. The van der Waals surface area contributed by atoms with Crippen LogP contribution < -0.4 is 20.1 Å². The molecule has 3 N–H and O–H groups in total. The first kappa shape index (κ1) is 40.0. The van der Waals surface area contributed by atoms with E-state index in [1.165, 1.54) is 13.0 Å². The second-order valence-electron chi connectivity index (χ2n) is 10.2. The van der Waals surface area contributed by atoms with Crippen LogP contribution in [0, 0.1) is 6.92 Å². The van der Waals surface area contributed by atoms with E-state index >= 15 is 0 Å². The van der Waals surface area contributed by atoms with Crippen molar-refractivity contribution in [2.24, 2.45) is 0 Å². The van der Waals surface area contributed by atoms with Crippen molar-refractivity contribution in [3.05, 3.63) is 22.8 Å². The largest absolute Gasteiger partial charge is 0.467 e. The predicted molar refractivity (Wildman–Crippen MR) is 165 cm³/mol. The van der Waals surface area contributed by atoms with Gasteiger partial charge in [0, 0.05) is 42.5 Å². The lowest BCUT2D eigenvalue weighted by Crippen LogP contribution is -2.54. The molecule has 0 saturated heterocycles. The lowest BCUT2D eigenvalue weighted by Gasteiger charge is -2.24. The molecule has 0 aliphatic carbocycles. The summed E-state index contributed by atoms with van der Waals surface area (Å²) in [6.45, 7) is 7.03. The van der Waals surface area contributed by atoms with Gasteiger partial charge in [-0.3, -0.25) is 14.4 Å². The van der Waals surface area contributed by atoms with E-state index in [9.17, 15) is 33.9 Å². The molecule has 18 heteroatoms. The third kappa shape index (κ3) is 14.3. The summed E-state index contributed by atoms with van der Waals surface area (Å²) in [6, 6.07) is -1.54. The van der Waals surface area contributed by atoms with Crippen molar-refractivity contribution in [1.29, 1.82) is 0 Å². The third-order valence-corrected chi connectivity index (χ3v) is 6.60. The summed E-state index contributed by atoms with van der Waals surface area (Å²) >= 11 is 18.2. The smallest absolute Gasteiger partial charge is 0.408 e. The number of nitrogens with one attached hydrogen (secondary N) is 2. The van der Waals surface area contributed by atoms with Gasteiger partial charge in [-0.15, -0.1) is 0 Å². The fourth-order valence-corrected chi connectivity index (χ4v) is 4.67. The number of methoxy groups -OCH3 is 1. The molecule has 0 spiro atoms. The number of rotatable bonds is 13. The van der Waals surface area contributed by atoms with Gasteiger partial charge in [0.05, 0.1) is 19.3 Å². The standard InChI is InChI=1S/C27H35Cl3N2O12S/c1-13-19(42-14(2)34)8-20(43-15(3)35)16(21(13)24(38)41-12-27(28,29)30)10-45-11-18(23(37)40-7)31-22(36)17(9-33)32-25(39)44-26(4,5)6/h8,17-18,33H,9-12H2,1-7H3,(H,31,36)(H,32,39)/t17-,18-/m0/s1. The van der Waals surface area contributed by atoms with Crippen LogP contribution in [-0.4, -0.2) is 88.5 Å². The van der Waals surface area contributed by atoms with Crippen LogP contribution in [0.15, 0.2) is 6.07 Å². The first-order valence-electron chi connectivity index (χ1n) is 13.0. The molecule has 0 heterocycles. The van der Waals surface area contributed by atoms with Crippen LogP contribution in [0.2, 0.25) is 0 Å². The highest BCUT2D eigenvalue weighted by atomic mass is 35.6. The van der Waals surface area contributed by atoms with Gasteiger partial charge in [-0.2, -0.15) is 11.8 Å². The number of thioether (sulfide) groups is 1. The number of ether oxygens (including phenoxy) is 5. The fourth-order valence-electron chi connectivity index (χ4n) is 3.44. The number of carbonyl (C=O) groups is 6. The highest BCUT2D eigenvalue weighted by Gasteiger charge is 2.31. The van der Waals surface area contributed by atoms with Crippen molar-refractivity contribution in [3.8, 4) is 11.5 Å². The van der Waals surface area contributed by atoms with Crippen molar-refractivity contribution in [2.75, 3.05) is 26.1 Å². The summed E-state index contributed by atoms with van der Waals surface area (Å²) in [5.74, 6) is -4.88. The summed E-state index contributed by atoms with van der Waals surface area (Å²) in [4.78, 5) is 74.3. The Morgan fingerprint density at radius 2 is 1.53 bits per heavy atom. The van der Waals surface area contributed by atoms with Gasteiger partial charge in [0.2, 0.25) is 9.70 Å². The number of benzene rings is 1. The molecule has 0 radical (unpaired) electrons. The number of amides is 2. The molecule has 0 aliphatic rings. The van der Waals surface area contributed by atoms with E-state index in [2.05, 4.69) is 10.6 Å². The number of alkyl carbamates (subject to hydrolysis) is 1. The molecule has 1 rings (SSSR count). The normalized spacial score (nSPS) is 12.7. The maximum absolute atomic E-state index is 13.2. The van der Waals surface area contributed by atoms with E-state index in [-0.39, 0.29) is 39.7 Å². The second kappa shape index (κ2) is 17.6. The number of hydrogen-bond donors (Lipinski definition) is 3. The summed E-state index contributed by atoms with van der Waals surface area (Å²) < 4.78 is 23.5. The van der Waals surface area contributed by atoms with Crippen molar-refractivity contribution < 1.29 is 57.6 Å². The molecule has 14 nitrogen and oxygen atoms in total. The van der Waals surface area contributed by atoms with Gasteiger partial charge in [-0.1, -0.05) is 34.8 Å². The second-order valence-corrected chi connectivity index (χ2v) is 13.8. The van der Waals surface area contributed by atoms with Crippen molar-refractivity contribution in [3.63, 3.8) is 0 Å². The Kier molecular flexibility index (Phi) is 15.7. The van der Waals surface area contributed by atoms with Crippen LogP contribution in [0.1, 0.15) is 56.1 Å². The van der Waals surface area contributed by atoms with Gasteiger partial charge < -0.3 is 39.4 Å². The van der Waals surface area contributed by atoms with Crippen LogP contribution >= 0.6 is 46.6 Å². The number of halogens is 3. The van der Waals surface area contributed by atoms with Crippen LogP contribution in [-0.2, 0) is 39.1 Å². The van der Waals surface area contributed by atoms with Gasteiger partial charge in [-0.25, -0.2) is 14.4 Å². The zero-order valence-electron chi connectivity index (χ0n) is 25.5. The van der Waals surface area contributed by atoms with E-state index in [0.29, 0.717) is 0 Å². The highest BCUT2D eigenvalue weighted by Crippen LogP contribution is 2.37. The number of alkyl halides is 3. The summed E-state index contributed by atoms with van der Waals surface area (Å²) in [5.41, 5.74) is -0.833. The van der Waals surface area contributed by atoms with Gasteiger partial charge in [0.1, 0.15) is 35.8 Å². The SMILES string of the molecule is COC(=O)[C@H](CSCc1c(OC(C)=O)cc(OC(C)=O)c(C)c1C(=O)OCC(Cl)(Cl)Cl)NC(=O)[C@H](CO)NC(=O)OC(C)(C)C. The van der Waals surface area contributed by atoms with E-state index in [1.54, 1.807) is 20.8 Å². The maximum Gasteiger partial charge on any atom is 0.408 e. The van der Waals surface area contributed by atoms with Gasteiger partial charge in [0.15, 0.2) is 0 Å². The Balaban J connectivity index is 3.37. The van der Waals surface area contributed by atoms with E-state index < -0.39 is 70.6 Å². The Morgan fingerprint density at radius 3 is 2.02 bits per heavy atom. The number of carbonyl (C=O) groups excluding carboxylic acids is 6. The molecular weight excluding hydrogens is 683 g/mol. The third-order valence-electron chi connectivity index (χ3n) is 5.21. The number of aliphatic hydroxyl groups excluding tert-OH is 1. The van der Waals surface area contributed by atoms with Crippen molar-refractivity contribution in [1.82, 2.24) is 10.6 Å². The number of esters is 4.